The summed E-state index contributed by atoms with van der Waals surface area (Å²) in [6.45, 7) is 4.63. The number of nitrogens with one attached hydrogen (secondary N) is 2. The van der Waals surface area contributed by atoms with Gasteiger partial charge in [-0.2, -0.15) is 0 Å². The SMILES string of the molecule is CC(C)(C)OC(=O)NC(CSc1cccc(C(c2ccccc2)c2ccccc2)c1)C(=O)NCC(=O)O. The molecule has 0 radical (unpaired) electrons. The summed E-state index contributed by atoms with van der Waals surface area (Å²) in [5.41, 5.74) is 2.67. The molecule has 0 bridgehead atoms. The second-order valence-electron chi connectivity index (χ2n) is 9.45. The van der Waals surface area contributed by atoms with Crippen LogP contribution in [0, 0.1) is 0 Å². The maximum absolute atomic E-state index is 12.7. The van der Waals surface area contributed by atoms with E-state index in [9.17, 15) is 14.4 Å². The molecule has 0 aromatic heterocycles. The molecule has 0 saturated heterocycles. The van der Waals surface area contributed by atoms with Crippen molar-refractivity contribution in [2.24, 2.45) is 0 Å². The zero-order valence-corrected chi connectivity index (χ0v) is 22.0. The summed E-state index contributed by atoms with van der Waals surface area (Å²) in [5, 5.41) is 13.8. The van der Waals surface area contributed by atoms with E-state index in [1.165, 1.54) is 11.8 Å². The highest BCUT2D eigenvalue weighted by atomic mass is 32.2. The average molecular weight is 521 g/mol. The molecule has 194 valence electrons. The summed E-state index contributed by atoms with van der Waals surface area (Å²) >= 11 is 1.39. The van der Waals surface area contributed by atoms with Crippen molar-refractivity contribution in [2.75, 3.05) is 12.3 Å². The molecule has 0 heterocycles. The summed E-state index contributed by atoms with van der Waals surface area (Å²) in [7, 11) is 0. The number of alkyl carbamates (subject to hydrolysis) is 1. The minimum absolute atomic E-state index is 0.0255. The first-order valence-electron chi connectivity index (χ1n) is 11.9. The Bertz CT molecular complexity index is 1160. The summed E-state index contributed by atoms with van der Waals surface area (Å²) in [5.74, 6) is -1.55. The van der Waals surface area contributed by atoms with Crippen molar-refractivity contribution in [2.45, 2.75) is 43.2 Å². The Morgan fingerprint density at radius 3 is 1.97 bits per heavy atom. The molecule has 0 aliphatic heterocycles. The van der Waals surface area contributed by atoms with Gasteiger partial charge in [0.2, 0.25) is 5.91 Å². The highest BCUT2D eigenvalue weighted by Gasteiger charge is 2.25. The predicted molar refractivity (Wildman–Crippen MR) is 145 cm³/mol. The van der Waals surface area contributed by atoms with Gasteiger partial charge in [0, 0.05) is 16.6 Å². The van der Waals surface area contributed by atoms with Crippen LogP contribution in [0.3, 0.4) is 0 Å². The van der Waals surface area contributed by atoms with E-state index < -0.39 is 36.2 Å². The second-order valence-corrected chi connectivity index (χ2v) is 10.5. The number of carboxylic acids is 1. The first-order valence-corrected chi connectivity index (χ1v) is 12.9. The third kappa shape index (κ3) is 8.99. The van der Waals surface area contributed by atoms with Crippen LogP contribution < -0.4 is 10.6 Å². The Morgan fingerprint density at radius 2 is 1.43 bits per heavy atom. The quantitative estimate of drug-likeness (QED) is 0.255. The number of rotatable bonds is 10. The number of ether oxygens (including phenoxy) is 1. The lowest BCUT2D eigenvalue weighted by molar-refractivity contribution is -0.138. The van der Waals surface area contributed by atoms with Crippen molar-refractivity contribution in [3.63, 3.8) is 0 Å². The molecule has 3 aromatic rings. The van der Waals surface area contributed by atoms with Gasteiger partial charge in [0.15, 0.2) is 0 Å². The molecule has 1 unspecified atom stereocenters. The minimum atomic E-state index is -1.17. The van der Waals surface area contributed by atoms with Gasteiger partial charge in [0.25, 0.3) is 0 Å². The fourth-order valence-corrected chi connectivity index (χ4v) is 4.74. The fourth-order valence-electron chi connectivity index (χ4n) is 3.75. The lowest BCUT2D eigenvalue weighted by Crippen LogP contribution is -2.50. The van der Waals surface area contributed by atoms with Gasteiger partial charge < -0.3 is 20.5 Å². The molecular weight excluding hydrogens is 488 g/mol. The summed E-state index contributed by atoms with van der Waals surface area (Å²) in [4.78, 5) is 36.8. The largest absolute Gasteiger partial charge is 0.480 e. The van der Waals surface area contributed by atoms with Crippen LogP contribution in [0.2, 0.25) is 0 Å². The van der Waals surface area contributed by atoms with Gasteiger partial charge in [-0.1, -0.05) is 72.8 Å². The van der Waals surface area contributed by atoms with Crippen molar-refractivity contribution in [1.82, 2.24) is 10.6 Å². The van der Waals surface area contributed by atoms with Crippen LogP contribution in [0.5, 0.6) is 0 Å². The molecule has 3 rings (SSSR count). The van der Waals surface area contributed by atoms with Crippen LogP contribution in [0.1, 0.15) is 43.4 Å². The highest BCUT2D eigenvalue weighted by molar-refractivity contribution is 7.99. The first-order chi connectivity index (χ1) is 17.6. The van der Waals surface area contributed by atoms with Gasteiger partial charge in [-0.05, 0) is 49.6 Å². The van der Waals surface area contributed by atoms with Crippen molar-refractivity contribution in [1.29, 1.82) is 0 Å². The zero-order valence-electron chi connectivity index (χ0n) is 21.1. The second kappa shape index (κ2) is 13.0. The molecule has 2 amide bonds. The van der Waals surface area contributed by atoms with Crippen molar-refractivity contribution < 1.29 is 24.2 Å². The Labute approximate surface area is 221 Å². The van der Waals surface area contributed by atoms with Gasteiger partial charge in [0.05, 0.1) is 0 Å². The molecule has 7 nitrogen and oxygen atoms in total. The van der Waals surface area contributed by atoms with Crippen molar-refractivity contribution in [3.8, 4) is 0 Å². The third-order valence-electron chi connectivity index (χ3n) is 5.30. The molecular formula is C29H32N2O5S. The maximum Gasteiger partial charge on any atom is 0.408 e. The van der Waals surface area contributed by atoms with Gasteiger partial charge in [-0.15, -0.1) is 11.8 Å². The minimum Gasteiger partial charge on any atom is -0.480 e. The Balaban J connectivity index is 1.81. The molecule has 37 heavy (non-hydrogen) atoms. The zero-order chi connectivity index (χ0) is 26.8. The number of carbonyl (C=O) groups is 3. The van der Waals surface area contributed by atoms with Crippen LogP contribution in [0.25, 0.3) is 0 Å². The number of benzene rings is 3. The smallest absolute Gasteiger partial charge is 0.408 e. The van der Waals surface area contributed by atoms with Crippen LogP contribution in [0.4, 0.5) is 4.79 Å². The average Bonchev–Trinajstić information content (AvgIpc) is 2.86. The summed E-state index contributed by atoms with van der Waals surface area (Å²) in [6, 6.07) is 27.6. The van der Waals surface area contributed by atoms with E-state index >= 15 is 0 Å². The normalized spacial score (nSPS) is 12.0. The topological polar surface area (TPSA) is 105 Å². The fraction of sp³-hybridized carbons (Fsp3) is 0.276. The number of carbonyl (C=O) groups excluding carboxylic acids is 2. The standard InChI is InChI=1S/C29H32N2O5S/c1-29(2,3)36-28(35)31-24(27(34)30-18-25(32)33)19-37-23-16-10-15-22(17-23)26(20-11-6-4-7-12-20)21-13-8-5-9-14-21/h4-17,24,26H,18-19H2,1-3H3,(H,30,34)(H,31,35)(H,32,33). The molecule has 0 aliphatic carbocycles. The first kappa shape index (κ1) is 27.8. The van der Waals surface area contributed by atoms with Crippen LogP contribution in [-0.2, 0) is 14.3 Å². The summed E-state index contributed by atoms with van der Waals surface area (Å²) < 4.78 is 5.29. The van der Waals surface area contributed by atoms with Crippen molar-refractivity contribution >= 4 is 29.7 Å². The van der Waals surface area contributed by atoms with E-state index in [1.54, 1.807) is 20.8 Å². The lowest BCUT2D eigenvalue weighted by Gasteiger charge is -2.23. The van der Waals surface area contributed by atoms with Gasteiger partial charge in [-0.3, -0.25) is 9.59 Å². The number of thioether (sulfide) groups is 1. The number of aliphatic carboxylic acids is 1. The molecule has 3 aromatic carbocycles. The molecule has 0 spiro atoms. The molecule has 0 aliphatic rings. The number of hydrogen-bond donors (Lipinski definition) is 3. The predicted octanol–water partition coefficient (Wildman–Crippen LogP) is 5.05. The van der Waals surface area contributed by atoms with Gasteiger partial charge in [-0.25, -0.2) is 4.79 Å². The number of amides is 2. The van der Waals surface area contributed by atoms with E-state index in [0.29, 0.717) is 0 Å². The van der Waals surface area contributed by atoms with Crippen LogP contribution in [0.15, 0.2) is 89.8 Å². The monoisotopic (exact) mass is 520 g/mol. The number of carboxylic acid groups (broad SMARTS) is 1. The Kier molecular flexibility index (Phi) is 9.74. The van der Waals surface area contributed by atoms with E-state index in [0.717, 1.165) is 21.6 Å². The van der Waals surface area contributed by atoms with E-state index in [1.807, 2.05) is 48.5 Å². The molecule has 3 N–H and O–H groups in total. The van der Waals surface area contributed by atoms with E-state index in [-0.39, 0.29) is 11.7 Å². The van der Waals surface area contributed by atoms with Crippen molar-refractivity contribution in [3.05, 3.63) is 102 Å². The van der Waals surface area contributed by atoms with Gasteiger partial charge >= 0.3 is 12.1 Å². The Hall–Kier alpha value is -3.78. The van der Waals surface area contributed by atoms with Crippen LogP contribution >= 0.6 is 11.8 Å². The lowest BCUT2D eigenvalue weighted by atomic mass is 9.85. The van der Waals surface area contributed by atoms with E-state index in [2.05, 4.69) is 47.0 Å². The van der Waals surface area contributed by atoms with Crippen LogP contribution in [-0.4, -0.2) is 47.0 Å². The highest BCUT2D eigenvalue weighted by Crippen LogP contribution is 2.33. The maximum atomic E-state index is 12.7. The molecule has 1 atom stereocenters. The number of hydrogen-bond acceptors (Lipinski definition) is 5. The third-order valence-corrected chi connectivity index (χ3v) is 6.38. The van der Waals surface area contributed by atoms with Gasteiger partial charge in [0.1, 0.15) is 18.2 Å². The Morgan fingerprint density at radius 1 is 0.865 bits per heavy atom. The van der Waals surface area contributed by atoms with E-state index in [4.69, 9.17) is 9.84 Å². The molecule has 8 heteroatoms. The summed E-state index contributed by atoms with van der Waals surface area (Å²) in [6.07, 6.45) is -0.745. The molecule has 0 saturated carbocycles. The molecule has 0 fully saturated rings.